The maximum Gasteiger partial charge on any atom is 0.118 e. The molecule has 0 bridgehead atoms. The van der Waals surface area contributed by atoms with Gasteiger partial charge in [0.2, 0.25) is 0 Å². The van der Waals surface area contributed by atoms with Gasteiger partial charge in [-0.15, -0.1) is 11.3 Å². The van der Waals surface area contributed by atoms with Crippen LogP contribution in [0.4, 0.5) is 4.39 Å². The molecule has 1 saturated heterocycles. The van der Waals surface area contributed by atoms with E-state index >= 15 is 0 Å². The van der Waals surface area contributed by atoms with Crippen LogP contribution < -0.4 is 5.32 Å². The molecule has 4 heteroatoms. The Morgan fingerprint density at radius 2 is 2.43 bits per heavy atom. The van der Waals surface area contributed by atoms with Gasteiger partial charge in [-0.3, -0.25) is 0 Å². The Hall–Kier alpha value is -0.480. The van der Waals surface area contributed by atoms with Crippen LogP contribution in [0.1, 0.15) is 24.3 Å². The number of alkyl halides is 1. The molecule has 1 atom stereocenters. The van der Waals surface area contributed by atoms with Crippen molar-refractivity contribution in [2.45, 2.75) is 31.4 Å². The quantitative estimate of drug-likeness (QED) is 0.816. The molecule has 78 valence electrons. The lowest BCUT2D eigenvalue weighted by Crippen LogP contribution is -2.27. The molecule has 1 aliphatic heterocycles. The van der Waals surface area contributed by atoms with Gasteiger partial charge in [-0.05, 0) is 32.4 Å². The van der Waals surface area contributed by atoms with Gasteiger partial charge >= 0.3 is 0 Å². The molecule has 0 spiro atoms. The first-order valence-electron chi connectivity index (χ1n) is 5.07. The SMILES string of the molecule is FC1(Cc2nccs2)CCCNCC1. The topological polar surface area (TPSA) is 24.9 Å². The van der Waals surface area contributed by atoms with E-state index < -0.39 is 5.67 Å². The summed E-state index contributed by atoms with van der Waals surface area (Å²) in [6.07, 6.45) is 4.46. The van der Waals surface area contributed by atoms with Crippen molar-refractivity contribution in [2.24, 2.45) is 0 Å². The first-order valence-corrected chi connectivity index (χ1v) is 5.94. The Morgan fingerprint density at radius 3 is 3.21 bits per heavy atom. The second kappa shape index (κ2) is 4.36. The maximum absolute atomic E-state index is 14.3. The van der Waals surface area contributed by atoms with E-state index in [4.69, 9.17) is 0 Å². The zero-order valence-corrected chi connectivity index (χ0v) is 8.95. The molecule has 0 aliphatic carbocycles. The predicted octanol–water partition coefficient (Wildman–Crippen LogP) is 2.17. The lowest BCUT2D eigenvalue weighted by atomic mass is 9.93. The van der Waals surface area contributed by atoms with E-state index in [1.54, 1.807) is 17.5 Å². The number of halogens is 1. The number of nitrogens with zero attached hydrogens (tertiary/aromatic N) is 1. The van der Waals surface area contributed by atoms with E-state index in [9.17, 15) is 4.39 Å². The number of hydrogen-bond donors (Lipinski definition) is 1. The first kappa shape index (κ1) is 10.1. The summed E-state index contributed by atoms with van der Waals surface area (Å²) >= 11 is 1.55. The van der Waals surface area contributed by atoms with Crippen molar-refractivity contribution in [1.82, 2.24) is 10.3 Å². The summed E-state index contributed by atoms with van der Waals surface area (Å²) in [7, 11) is 0. The van der Waals surface area contributed by atoms with Crippen molar-refractivity contribution in [3.05, 3.63) is 16.6 Å². The van der Waals surface area contributed by atoms with Crippen LogP contribution in [-0.2, 0) is 6.42 Å². The molecule has 0 saturated carbocycles. The molecule has 14 heavy (non-hydrogen) atoms. The van der Waals surface area contributed by atoms with Crippen molar-refractivity contribution in [1.29, 1.82) is 0 Å². The second-order valence-electron chi connectivity index (χ2n) is 3.86. The van der Waals surface area contributed by atoms with Gasteiger partial charge in [0, 0.05) is 18.0 Å². The maximum atomic E-state index is 14.3. The minimum atomic E-state index is -1.03. The highest BCUT2D eigenvalue weighted by Gasteiger charge is 2.31. The van der Waals surface area contributed by atoms with Crippen LogP contribution in [0.2, 0.25) is 0 Å². The number of rotatable bonds is 2. The van der Waals surface area contributed by atoms with Crippen molar-refractivity contribution in [3.63, 3.8) is 0 Å². The van der Waals surface area contributed by atoms with E-state index in [0.717, 1.165) is 24.5 Å². The van der Waals surface area contributed by atoms with E-state index in [1.807, 2.05) is 5.38 Å². The summed E-state index contributed by atoms with van der Waals surface area (Å²) < 4.78 is 14.3. The standard InChI is InChI=1S/C10H15FN2S/c11-10(2-1-4-12-5-3-10)8-9-13-6-7-14-9/h6-7,12H,1-5,8H2. The monoisotopic (exact) mass is 214 g/mol. The number of thiazole rings is 1. The first-order chi connectivity index (χ1) is 6.79. The van der Waals surface area contributed by atoms with Crippen LogP contribution in [0.5, 0.6) is 0 Å². The fraction of sp³-hybridized carbons (Fsp3) is 0.700. The van der Waals surface area contributed by atoms with Gasteiger partial charge in [0.1, 0.15) is 5.67 Å². The van der Waals surface area contributed by atoms with Crippen molar-refractivity contribution in [3.8, 4) is 0 Å². The number of hydrogen-bond acceptors (Lipinski definition) is 3. The molecule has 0 aromatic carbocycles. The Balaban J connectivity index is 1.99. The Labute approximate surface area is 87.6 Å². The van der Waals surface area contributed by atoms with Crippen LogP contribution in [0, 0.1) is 0 Å². The molecule has 1 aromatic heterocycles. The van der Waals surface area contributed by atoms with E-state index in [-0.39, 0.29) is 0 Å². The van der Waals surface area contributed by atoms with Crippen LogP contribution in [0.15, 0.2) is 11.6 Å². The van der Waals surface area contributed by atoms with Crippen molar-refractivity contribution >= 4 is 11.3 Å². The highest BCUT2D eigenvalue weighted by molar-refractivity contribution is 7.09. The molecule has 0 radical (unpaired) electrons. The largest absolute Gasteiger partial charge is 0.317 e. The summed E-state index contributed by atoms with van der Waals surface area (Å²) in [5, 5.41) is 6.06. The van der Waals surface area contributed by atoms with Gasteiger partial charge in [0.15, 0.2) is 0 Å². The average Bonchev–Trinajstić information content (AvgIpc) is 2.55. The third-order valence-electron chi connectivity index (χ3n) is 2.68. The fourth-order valence-electron chi connectivity index (χ4n) is 1.88. The van der Waals surface area contributed by atoms with Gasteiger partial charge in [0.25, 0.3) is 0 Å². The molecule has 0 amide bonds. The van der Waals surface area contributed by atoms with Crippen LogP contribution in [0.3, 0.4) is 0 Å². The summed E-state index contributed by atoms with van der Waals surface area (Å²) in [6, 6.07) is 0. The van der Waals surface area contributed by atoms with Gasteiger partial charge in [-0.2, -0.15) is 0 Å². The molecule has 1 unspecified atom stereocenters. The molecule has 2 rings (SSSR count). The third-order valence-corrected chi connectivity index (χ3v) is 3.46. The summed E-state index contributed by atoms with van der Waals surface area (Å²) in [5.41, 5.74) is -1.03. The Morgan fingerprint density at radius 1 is 1.50 bits per heavy atom. The van der Waals surface area contributed by atoms with Gasteiger partial charge in [-0.1, -0.05) is 0 Å². The van der Waals surface area contributed by atoms with Crippen LogP contribution in [0.25, 0.3) is 0 Å². The smallest absolute Gasteiger partial charge is 0.118 e. The molecule has 1 aromatic rings. The minimum absolute atomic E-state index is 0.492. The molecule has 1 aliphatic rings. The second-order valence-corrected chi connectivity index (χ2v) is 4.84. The van der Waals surface area contributed by atoms with E-state index in [1.165, 1.54) is 0 Å². The zero-order valence-electron chi connectivity index (χ0n) is 8.13. The molecular formula is C10H15FN2S. The number of nitrogens with one attached hydrogen (secondary N) is 1. The van der Waals surface area contributed by atoms with Crippen molar-refractivity contribution < 1.29 is 4.39 Å². The highest BCUT2D eigenvalue weighted by Crippen LogP contribution is 2.29. The minimum Gasteiger partial charge on any atom is -0.317 e. The van der Waals surface area contributed by atoms with Gasteiger partial charge in [-0.25, -0.2) is 9.37 Å². The van der Waals surface area contributed by atoms with Crippen LogP contribution in [-0.4, -0.2) is 23.7 Å². The van der Waals surface area contributed by atoms with E-state index in [0.29, 0.717) is 19.3 Å². The summed E-state index contributed by atoms with van der Waals surface area (Å²) in [5.74, 6) is 0. The Kier molecular flexibility index (Phi) is 3.13. The third kappa shape index (κ3) is 2.51. The van der Waals surface area contributed by atoms with E-state index in [2.05, 4.69) is 10.3 Å². The molecular weight excluding hydrogens is 199 g/mol. The molecule has 2 nitrogen and oxygen atoms in total. The zero-order chi connectivity index (χ0) is 9.86. The number of aromatic nitrogens is 1. The summed E-state index contributed by atoms with van der Waals surface area (Å²) in [4.78, 5) is 4.14. The van der Waals surface area contributed by atoms with Gasteiger partial charge in [0.05, 0.1) is 5.01 Å². The Bertz CT molecular complexity index is 266. The summed E-state index contributed by atoms with van der Waals surface area (Å²) in [6.45, 7) is 1.74. The molecule has 1 N–H and O–H groups in total. The predicted molar refractivity (Wildman–Crippen MR) is 56.4 cm³/mol. The highest BCUT2D eigenvalue weighted by atomic mass is 32.1. The lowest BCUT2D eigenvalue weighted by molar-refractivity contribution is 0.144. The normalized spacial score (nSPS) is 28.6. The average molecular weight is 214 g/mol. The fourth-order valence-corrected chi connectivity index (χ4v) is 2.62. The molecule has 2 heterocycles. The van der Waals surface area contributed by atoms with Crippen LogP contribution >= 0.6 is 11.3 Å². The molecule has 1 fully saturated rings. The van der Waals surface area contributed by atoms with Gasteiger partial charge < -0.3 is 5.32 Å². The van der Waals surface area contributed by atoms with Crippen molar-refractivity contribution in [2.75, 3.05) is 13.1 Å². The lowest BCUT2D eigenvalue weighted by Gasteiger charge is -2.21.